The van der Waals surface area contributed by atoms with Crippen LogP contribution < -0.4 is 0 Å². The molecule has 1 rings (SSSR count). The maximum absolute atomic E-state index is 10.0. The zero-order chi connectivity index (χ0) is 9.68. The largest absolute Gasteiger partial charge is 0.303 e. The Morgan fingerprint density at radius 2 is 2.23 bits per heavy atom. The fourth-order valence-electron chi connectivity index (χ4n) is 1.08. The van der Waals surface area contributed by atoms with Crippen LogP contribution in [0.5, 0.6) is 0 Å². The van der Waals surface area contributed by atoms with Crippen molar-refractivity contribution in [1.29, 1.82) is 0 Å². The highest BCUT2D eigenvalue weighted by molar-refractivity contribution is 5.77. The summed E-state index contributed by atoms with van der Waals surface area (Å²) in [6.07, 6.45) is 2.72. The van der Waals surface area contributed by atoms with Crippen LogP contribution in [0.25, 0.3) is 0 Å². The molecule has 0 amide bonds. The maximum atomic E-state index is 10.0. The number of aliphatic imine (C=N–C) groups is 1. The van der Waals surface area contributed by atoms with Crippen LogP contribution in [0, 0.1) is 13.8 Å². The fourth-order valence-corrected chi connectivity index (χ4v) is 1.08. The van der Waals surface area contributed by atoms with Crippen molar-refractivity contribution in [1.82, 2.24) is 4.98 Å². The summed E-state index contributed by atoms with van der Waals surface area (Å²) < 4.78 is 0. The predicted molar refractivity (Wildman–Crippen MR) is 52.5 cm³/mol. The minimum absolute atomic E-state index is 0.342. The van der Waals surface area contributed by atoms with Crippen LogP contribution in [-0.4, -0.2) is 17.5 Å². The SMILES string of the molecule is Cc1cc(C)nc(N=CCC=O)c1. The van der Waals surface area contributed by atoms with Gasteiger partial charge in [0.15, 0.2) is 5.82 Å². The van der Waals surface area contributed by atoms with E-state index in [9.17, 15) is 4.79 Å². The van der Waals surface area contributed by atoms with Gasteiger partial charge < -0.3 is 4.79 Å². The van der Waals surface area contributed by atoms with Gasteiger partial charge in [0.1, 0.15) is 6.29 Å². The van der Waals surface area contributed by atoms with Gasteiger partial charge in [-0.05, 0) is 31.5 Å². The third-order valence-corrected chi connectivity index (χ3v) is 1.51. The van der Waals surface area contributed by atoms with Crippen LogP contribution in [0.15, 0.2) is 17.1 Å². The molecule has 0 bridgehead atoms. The van der Waals surface area contributed by atoms with E-state index < -0.39 is 0 Å². The molecule has 0 spiro atoms. The lowest BCUT2D eigenvalue weighted by Gasteiger charge is -1.97. The summed E-state index contributed by atoms with van der Waals surface area (Å²) in [7, 11) is 0. The molecular formula is C10H12N2O. The first-order valence-corrected chi connectivity index (χ1v) is 4.14. The Labute approximate surface area is 77.5 Å². The average Bonchev–Trinajstić information content (AvgIpc) is 2.03. The first-order valence-electron chi connectivity index (χ1n) is 4.14. The maximum Gasteiger partial charge on any atom is 0.151 e. The minimum atomic E-state index is 0.342. The summed E-state index contributed by atoms with van der Waals surface area (Å²) in [4.78, 5) is 18.3. The molecule has 1 aromatic rings. The van der Waals surface area contributed by atoms with E-state index in [0.717, 1.165) is 17.5 Å². The monoisotopic (exact) mass is 176 g/mol. The van der Waals surface area contributed by atoms with E-state index in [1.807, 2.05) is 26.0 Å². The summed E-state index contributed by atoms with van der Waals surface area (Å²) in [6, 6.07) is 3.87. The molecule has 0 unspecified atom stereocenters. The molecule has 0 aliphatic carbocycles. The number of carbonyl (C=O) groups is 1. The number of carbonyl (C=O) groups excluding carboxylic acids is 1. The third kappa shape index (κ3) is 3.15. The van der Waals surface area contributed by atoms with Gasteiger partial charge in [0, 0.05) is 18.3 Å². The van der Waals surface area contributed by atoms with E-state index >= 15 is 0 Å². The Morgan fingerprint density at radius 1 is 1.46 bits per heavy atom. The summed E-state index contributed by atoms with van der Waals surface area (Å²) in [5.74, 6) is 0.666. The zero-order valence-electron chi connectivity index (χ0n) is 7.82. The van der Waals surface area contributed by atoms with Crippen LogP contribution in [0.2, 0.25) is 0 Å². The average molecular weight is 176 g/mol. The first-order chi connectivity index (χ1) is 6.22. The van der Waals surface area contributed by atoms with Gasteiger partial charge in [-0.25, -0.2) is 9.98 Å². The first kappa shape index (κ1) is 9.58. The minimum Gasteiger partial charge on any atom is -0.303 e. The number of aromatic nitrogens is 1. The molecule has 68 valence electrons. The molecule has 0 fully saturated rings. The van der Waals surface area contributed by atoms with E-state index in [1.54, 1.807) is 6.21 Å². The van der Waals surface area contributed by atoms with Gasteiger partial charge >= 0.3 is 0 Å². The molecular weight excluding hydrogens is 164 g/mol. The van der Waals surface area contributed by atoms with Crippen LogP contribution >= 0.6 is 0 Å². The fraction of sp³-hybridized carbons (Fsp3) is 0.300. The highest BCUT2D eigenvalue weighted by atomic mass is 16.1. The lowest BCUT2D eigenvalue weighted by Crippen LogP contribution is -1.84. The Bertz CT molecular complexity index is 311. The molecule has 0 atom stereocenters. The molecule has 0 aliphatic heterocycles. The summed E-state index contributed by atoms with van der Waals surface area (Å²) in [5, 5.41) is 0. The van der Waals surface area contributed by atoms with E-state index in [-0.39, 0.29) is 0 Å². The normalized spacial score (nSPS) is 10.6. The van der Waals surface area contributed by atoms with Crippen LogP contribution in [0.3, 0.4) is 0 Å². The van der Waals surface area contributed by atoms with Crippen molar-refractivity contribution in [3.63, 3.8) is 0 Å². The second-order valence-electron chi connectivity index (χ2n) is 2.86. The molecule has 1 aromatic heterocycles. The second-order valence-corrected chi connectivity index (χ2v) is 2.86. The van der Waals surface area contributed by atoms with Crippen molar-refractivity contribution in [3.05, 3.63) is 23.4 Å². The van der Waals surface area contributed by atoms with Gasteiger partial charge in [-0.2, -0.15) is 0 Å². The highest BCUT2D eigenvalue weighted by Crippen LogP contribution is 2.11. The Balaban J connectivity index is 2.82. The zero-order valence-corrected chi connectivity index (χ0v) is 7.82. The van der Waals surface area contributed by atoms with Gasteiger partial charge in [-0.15, -0.1) is 0 Å². The molecule has 3 nitrogen and oxygen atoms in total. The van der Waals surface area contributed by atoms with Crippen LogP contribution in [-0.2, 0) is 4.79 Å². The topological polar surface area (TPSA) is 42.3 Å². The number of rotatable bonds is 3. The van der Waals surface area contributed by atoms with E-state index in [0.29, 0.717) is 12.2 Å². The Morgan fingerprint density at radius 3 is 2.85 bits per heavy atom. The van der Waals surface area contributed by atoms with Gasteiger partial charge in [0.05, 0.1) is 0 Å². The van der Waals surface area contributed by atoms with Crippen molar-refractivity contribution in [2.45, 2.75) is 20.3 Å². The standard InChI is InChI=1S/C10H12N2O/c1-8-6-9(2)12-10(7-8)11-4-3-5-13/h4-7H,3H2,1-2H3. The molecule has 0 saturated carbocycles. The van der Waals surface area contributed by atoms with E-state index in [1.165, 1.54) is 0 Å². The van der Waals surface area contributed by atoms with Crippen LogP contribution in [0.4, 0.5) is 5.82 Å². The predicted octanol–water partition coefficient (Wildman–Crippen LogP) is 1.99. The third-order valence-electron chi connectivity index (χ3n) is 1.51. The smallest absolute Gasteiger partial charge is 0.151 e. The molecule has 0 aromatic carbocycles. The lowest BCUT2D eigenvalue weighted by molar-refractivity contribution is -0.106. The summed E-state index contributed by atoms with van der Waals surface area (Å²) >= 11 is 0. The van der Waals surface area contributed by atoms with Gasteiger partial charge in [0.2, 0.25) is 0 Å². The van der Waals surface area contributed by atoms with Crippen molar-refractivity contribution in [2.75, 3.05) is 0 Å². The van der Waals surface area contributed by atoms with Crippen molar-refractivity contribution >= 4 is 18.3 Å². The summed E-state index contributed by atoms with van der Waals surface area (Å²) in [6.45, 7) is 3.92. The molecule has 13 heavy (non-hydrogen) atoms. The van der Waals surface area contributed by atoms with Gasteiger partial charge in [-0.1, -0.05) is 0 Å². The van der Waals surface area contributed by atoms with Crippen molar-refractivity contribution < 1.29 is 4.79 Å². The quantitative estimate of drug-likeness (QED) is 0.522. The van der Waals surface area contributed by atoms with Crippen LogP contribution in [0.1, 0.15) is 17.7 Å². The molecule has 0 saturated heterocycles. The molecule has 0 radical (unpaired) electrons. The second kappa shape index (κ2) is 4.50. The number of aryl methyl sites for hydroxylation is 2. The van der Waals surface area contributed by atoms with E-state index in [2.05, 4.69) is 9.98 Å². The number of hydrogen-bond acceptors (Lipinski definition) is 3. The molecule has 0 N–H and O–H groups in total. The number of aldehydes is 1. The Hall–Kier alpha value is -1.51. The highest BCUT2D eigenvalue weighted by Gasteiger charge is 1.93. The van der Waals surface area contributed by atoms with Crippen molar-refractivity contribution in [2.24, 2.45) is 4.99 Å². The molecule has 0 aliphatic rings. The van der Waals surface area contributed by atoms with Gasteiger partial charge in [0.25, 0.3) is 0 Å². The van der Waals surface area contributed by atoms with Gasteiger partial charge in [-0.3, -0.25) is 0 Å². The molecule has 3 heteroatoms. The lowest BCUT2D eigenvalue weighted by atomic mass is 10.2. The number of nitrogens with zero attached hydrogens (tertiary/aromatic N) is 2. The number of hydrogen-bond donors (Lipinski definition) is 0. The summed E-state index contributed by atoms with van der Waals surface area (Å²) in [5.41, 5.74) is 2.07. The Kier molecular flexibility index (Phi) is 3.31. The van der Waals surface area contributed by atoms with Crippen molar-refractivity contribution in [3.8, 4) is 0 Å². The number of pyridine rings is 1. The molecule has 1 heterocycles. The van der Waals surface area contributed by atoms with E-state index in [4.69, 9.17) is 0 Å².